The van der Waals surface area contributed by atoms with Gasteiger partial charge in [-0.15, -0.1) is 0 Å². The van der Waals surface area contributed by atoms with Crippen molar-refractivity contribution in [1.29, 1.82) is 0 Å². The highest BCUT2D eigenvalue weighted by molar-refractivity contribution is 5.90. The van der Waals surface area contributed by atoms with Gasteiger partial charge in [-0.05, 0) is 6.08 Å². The minimum Gasteiger partial charge on any atom is -0.394 e. The van der Waals surface area contributed by atoms with Crippen molar-refractivity contribution in [3.63, 3.8) is 0 Å². The molecule has 0 unspecified atom stereocenters. The first-order chi connectivity index (χ1) is 4.72. The van der Waals surface area contributed by atoms with Crippen LogP contribution in [0.1, 0.15) is 0 Å². The Bertz CT molecular complexity index is 91.0. The summed E-state index contributed by atoms with van der Waals surface area (Å²) in [6.45, 7) is 3.02. The van der Waals surface area contributed by atoms with Gasteiger partial charge < -0.3 is 15.9 Å². The van der Waals surface area contributed by atoms with Crippen LogP contribution in [0.15, 0.2) is 12.7 Å². The molecule has 0 aliphatic rings. The van der Waals surface area contributed by atoms with E-state index >= 15 is 0 Å². The van der Waals surface area contributed by atoms with E-state index in [1.54, 1.807) is 0 Å². The highest BCUT2D eigenvalue weighted by Gasteiger charge is 1.82. The van der Waals surface area contributed by atoms with Gasteiger partial charge in [0.2, 0.25) is 0 Å². The van der Waals surface area contributed by atoms with Crippen molar-refractivity contribution in [2.45, 2.75) is 0 Å². The molecule has 0 aromatic rings. The normalized spacial score (nSPS) is 7.50. The lowest BCUT2D eigenvalue weighted by molar-refractivity contribution is -0.113. The Labute approximate surface area is 60.0 Å². The molecule has 4 heteroatoms. The van der Waals surface area contributed by atoms with Gasteiger partial charge in [-0.25, -0.2) is 0 Å². The molecule has 0 aromatic heterocycles. The van der Waals surface area contributed by atoms with Crippen molar-refractivity contribution in [2.24, 2.45) is 5.73 Å². The number of hydrogen-bond acceptors (Lipinski definition) is 4. The zero-order valence-corrected chi connectivity index (χ0v) is 5.79. The summed E-state index contributed by atoms with van der Waals surface area (Å²) in [6, 6.07) is 0. The number of ketones is 1. The number of carbonyl (C=O) groups excluding carboxylic acids is 1. The van der Waals surface area contributed by atoms with E-state index in [-0.39, 0.29) is 25.5 Å². The summed E-state index contributed by atoms with van der Waals surface area (Å²) in [4.78, 5) is 9.94. The highest BCUT2D eigenvalue weighted by Crippen LogP contribution is 1.61. The third kappa shape index (κ3) is 15.7. The SMILES string of the molecule is C=CC(=O)CN.OCCO. The van der Waals surface area contributed by atoms with Crippen molar-refractivity contribution in [1.82, 2.24) is 0 Å². The van der Waals surface area contributed by atoms with Crippen LogP contribution in [0.25, 0.3) is 0 Å². The van der Waals surface area contributed by atoms with Gasteiger partial charge in [0.15, 0.2) is 5.78 Å². The highest BCUT2D eigenvalue weighted by atomic mass is 16.3. The lowest BCUT2D eigenvalue weighted by Crippen LogP contribution is -2.09. The summed E-state index contributed by atoms with van der Waals surface area (Å²) in [5, 5.41) is 15.2. The summed E-state index contributed by atoms with van der Waals surface area (Å²) in [5.41, 5.74) is 4.86. The summed E-state index contributed by atoms with van der Waals surface area (Å²) < 4.78 is 0. The number of nitrogens with two attached hydrogens (primary N) is 1. The first-order valence-corrected chi connectivity index (χ1v) is 2.80. The fraction of sp³-hybridized carbons (Fsp3) is 0.500. The molecule has 60 valence electrons. The predicted octanol–water partition coefficient (Wildman–Crippen LogP) is -1.33. The maximum absolute atomic E-state index is 9.94. The van der Waals surface area contributed by atoms with E-state index in [2.05, 4.69) is 6.58 Å². The second-order valence-corrected chi connectivity index (χ2v) is 1.32. The molecule has 0 atom stereocenters. The summed E-state index contributed by atoms with van der Waals surface area (Å²) in [5.74, 6) is -0.116. The van der Waals surface area contributed by atoms with Crippen LogP contribution in [0, 0.1) is 0 Å². The van der Waals surface area contributed by atoms with E-state index in [4.69, 9.17) is 15.9 Å². The van der Waals surface area contributed by atoms with E-state index in [1.807, 2.05) is 0 Å². The van der Waals surface area contributed by atoms with E-state index < -0.39 is 0 Å². The van der Waals surface area contributed by atoms with Crippen molar-refractivity contribution in [3.8, 4) is 0 Å². The smallest absolute Gasteiger partial charge is 0.168 e. The fourth-order valence-corrected chi connectivity index (χ4v) is 0.0833. The van der Waals surface area contributed by atoms with Gasteiger partial charge in [0.05, 0.1) is 19.8 Å². The molecule has 4 nitrogen and oxygen atoms in total. The average Bonchev–Trinajstić information content (AvgIpc) is 2.03. The molecule has 0 rings (SSSR count). The van der Waals surface area contributed by atoms with Crippen LogP contribution in [0.3, 0.4) is 0 Å². The minimum absolute atomic E-state index is 0.0729. The standard InChI is InChI=1S/C4H7NO.C2H6O2/c1-2-4(6)3-5;3-1-2-4/h2H,1,3,5H2;3-4H,1-2H2. The zero-order valence-electron chi connectivity index (χ0n) is 5.79. The Morgan fingerprint density at radius 2 is 1.90 bits per heavy atom. The van der Waals surface area contributed by atoms with Crippen LogP contribution in [0.5, 0.6) is 0 Å². The lowest BCUT2D eigenvalue weighted by atomic mass is 10.4. The topological polar surface area (TPSA) is 83.6 Å². The molecule has 0 amide bonds. The molecule has 4 N–H and O–H groups in total. The molecule has 0 bridgehead atoms. The summed E-state index contributed by atoms with van der Waals surface area (Å²) in [6.07, 6.45) is 1.21. The molecule has 0 aromatic carbocycles. The van der Waals surface area contributed by atoms with Crippen molar-refractivity contribution < 1.29 is 15.0 Å². The van der Waals surface area contributed by atoms with Crippen LogP contribution in [-0.2, 0) is 4.79 Å². The summed E-state index contributed by atoms with van der Waals surface area (Å²) in [7, 11) is 0. The maximum atomic E-state index is 9.94. The second kappa shape index (κ2) is 11.1. The largest absolute Gasteiger partial charge is 0.394 e. The minimum atomic E-state index is -0.125. The molecular weight excluding hydrogens is 134 g/mol. The molecule has 0 heterocycles. The fourth-order valence-electron chi connectivity index (χ4n) is 0.0833. The zero-order chi connectivity index (χ0) is 8.41. The van der Waals surface area contributed by atoms with Crippen molar-refractivity contribution in [3.05, 3.63) is 12.7 Å². The number of hydrogen-bond donors (Lipinski definition) is 3. The van der Waals surface area contributed by atoms with E-state index in [9.17, 15) is 4.79 Å². The average molecular weight is 147 g/mol. The molecule has 0 fully saturated rings. The summed E-state index contributed by atoms with van der Waals surface area (Å²) >= 11 is 0. The molecule has 0 spiro atoms. The van der Waals surface area contributed by atoms with E-state index in [0.717, 1.165) is 0 Å². The van der Waals surface area contributed by atoms with Crippen molar-refractivity contribution >= 4 is 5.78 Å². The number of rotatable bonds is 3. The number of carbonyl (C=O) groups is 1. The van der Waals surface area contributed by atoms with Gasteiger partial charge in [0, 0.05) is 0 Å². The van der Waals surface area contributed by atoms with E-state index in [0.29, 0.717) is 0 Å². The number of aliphatic hydroxyl groups is 2. The first-order valence-electron chi connectivity index (χ1n) is 2.80. The molecule has 10 heavy (non-hydrogen) atoms. The van der Waals surface area contributed by atoms with Crippen LogP contribution < -0.4 is 5.73 Å². The maximum Gasteiger partial charge on any atom is 0.168 e. The third-order valence-electron chi connectivity index (χ3n) is 0.529. The Hall–Kier alpha value is -0.710. The van der Waals surface area contributed by atoms with Gasteiger partial charge in [-0.2, -0.15) is 0 Å². The van der Waals surface area contributed by atoms with Crippen LogP contribution in [0.4, 0.5) is 0 Å². The van der Waals surface area contributed by atoms with Gasteiger partial charge in [0.25, 0.3) is 0 Å². The molecule has 0 aliphatic heterocycles. The third-order valence-corrected chi connectivity index (χ3v) is 0.529. The molecule has 0 saturated heterocycles. The van der Waals surface area contributed by atoms with Crippen LogP contribution in [0.2, 0.25) is 0 Å². The van der Waals surface area contributed by atoms with Crippen LogP contribution >= 0.6 is 0 Å². The molecule has 0 aliphatic carbocycles. The van der Waals surface area contributed by atoms with Crippen LogP contribution in [-0.4, -0.2) is 35.8 Å². The monoisotopic (exact) mass is 147 g/mol. The molecule has 0 saturated carbocycles. The number of aliphatic hydroxyl groups excluding tert-OH is 2. The molecular formula is C6H13NO3. The Balaban J connectivity index is 0. The Kier molecular flexibility index (Phi) is 13.4. The van der Waals surface area contributed by atoms with Gasteiger partial charge in [0.1, 0.15) is 0 Å². The lowest BCUT2D eigenvalue weighted by Gasteiger charge is -1.76. The Morgan fingerprint density at radius 3 is 1.90 bits per heavy atom. The Morgan fingerprint density at radius 1 is 1.50 bits per heavy atom. The van der Waals surface area contributed by atoms with Gasteiger partial charge in [-0.3, -0.25) is 4.79 Å². The second-order valence-electron chi connectivity index (χ2n) is 1.32. The predicted molar refractivity (Wildman–Crippen MR) is 38.4 cm³/mol. The quantitative estimate of drug-likeness (QED) is 0.432. The first kappa shape index (κ1) is 12.0. The van der Waals surface area contributed by atoms with Gasteiger partial charge in [-0.1, -0.05) is 6.58 Å². The van der Waals surface area contributed by atoms with E-state index in [1.165, 1.54) is 6.08 Å². The van der Waals surface area contributed by atoms with Gasteiger partial charge >= 0.3 is 0 Å². The van der Waals surface area contributed by atoms with Crippen molar-refractivity contribution in [2.75, 3.05) is 19.8 Å². The molecule has 0 radical (unpaired) electrons.